The van der Waals surface area contributed by atoms with Crippen LogP contribution in [-0.2, 0) is 13.1 Å². The molecule has 0 saturated heterocycles. The molecule has 4 rings (SSSR count). The van der Waals surface area contributed by atoms with Crippen LogP contribution in [0.25, 0.3) is 5.69 Å². The summed E-state index contributed by atoms with van der Waals surface area (Å²) in [6.45, 7) is 3.31. The molecule has 0 saturated carbocycles. The van der Waals surface area contributed by atoms with Crippen molar-refractivity contribution < 1.29 is 4.79 Å². The van der Waals surface area contributed by atoms with Gasteiger partial charge in [-0.3, -0.25) is 9.59 Å². The summed E-state index contributed by atoms with van der Waals surface area (Å²) in [4.78, 5) is 32.0. The number of fused-ring (bicyclic) bond motifs is 1. The number of hydrogen-bond donors (Lipinski definition) is 0. The molecule has 1 amide bonds. The Bertz CT molecular complexity index is 1120. The lowest BCUT2D eigenvalue weighted by Gasteiger charge is -2.21. The standard InChI is InChI=1S/C20H18Cl2N4O2/c1-13-10-25(12-23-13)17-5-6-18-19(27)24(7-2-8-26(18)20(17)28)11-14-3-4-15(21)16(22)9-14/h3-6,9-10,12H,2,7-8,11H2,1H3. The average Bonchev–Trinajstić information content (AvgIpc) is 3.03. The van der Waals surface area contributed by atoms with E-state index in [0.717, 1.165) is 11.3 Å². The number of aromatic nitrogens is 3. The molecule has 1 aliphatic heterocycles. The van der Waals surface area contributed by atoms with Gasteiger partial charge in [-0.15, -0.1) is 0 Å². The molecule has 0 fully saturated rings. The molecule has 0 bridgehead atoms. The number of rotatable bonds is 3. The molecular weight excluding hydrogens is 399 g/mol. The molecule has 6 nitrogen and oxygen atoms in total. The van der Waals surface area contributed by atoms with Crippen LogP contribution in [0.5, 0.6) is 0 Å². The topological polar surface area (TPSA) is 60.1 Å². The summed E-state index contributed by atoms with van der Waals surface area (Å²) < 4.78 is 3.25. The van der Waals surface area contributed by atoms with Crippen molar-refractivity contribution in [3.8, 4) is 5.69 Å². The number of nitrogens with zero attached hydrogens (tertiary/aromatic N) is 4. The van der Waals surface area contributed by atoms with Crippen molar-refractivity contribution in [1.82, 2.24) is 19.0 Å². The fraction of sp³-hybridized carbons (Fsp3) is 0.250. The molecule has 0 aliphatic carbocycles. The van der Waals surface area contributed by atoms with Crippen molar-refractivity contribution >= 4 is 29.1 Å². The van der Waals surface area contributed by atoms with E-state index in [1.807, 2.05) is 13.0 Å². The quantitative estimate of drug-likeness (QED) is 0.653. The van der Waals surface area contributed by atoms with Crippen LogP contribution in [0.1, 0.15) is 28.2 Å². The number of aryl methyl sites for hydroxylation is 1. The second-order valence-corrected chi connectivity index (χ2v) is 7.63. The zero-order chi connectivity index (χ0) is 19.8. The van der Waals surface area contributed by atoms with Crippen LogP contribution in [-0.4, -0.2) is 31.5 Å². The van der Waals surface area contributed by atoms with Gasteiger partial charge >= 0.3 is 0 Å². The molecule has 144 valence electrons. The van der Waals surface area contributed by atoms with Crippen molar-refractivity contribution in [2.75, 3.05) is 6.54 Å². The minimum atomic E-state index is -0.195. The van der Waals surface area contributed by atoms with Gasteiger partial charge in [0.1, 0.15) is 11.4 Å². The molecule has 3 heterocycles. The van der Waals surface area contributed by atoms with Gasteiger partial charge in [-0.2, -0.15) is 0 Å². The lowest BCUT2D eigenvalue weighted by atomic mass is 10.2. The van der Waals surface area contributed by atoms with Gasteiger partial charge in [0.05, 0.1) is 22.1 Å². The molecule has 0 N–H and O–H groups in total. The first-order valence-electron chi connectivity index (χ1n) is 8.92. The Hall–Kier alpha value is -2.57. The molecule has 0 spiro atoms. The predicted octanol–water partition coefficient (Wildman–Crippen LogP) is 3.70. The van der Waals surface area contributed by atoms with Crippen LogP contribution in [0, 0.1) is 6.92 Å². The molecule has 2 aromatic heterocycles. The Morgan fingerprint density at radius 2 is 1.89 bits per heavy atom. The van der Waals surface area contributed by atoms with E-state index in [0.29, 0.717) is 47.5 Å². The zero-order valence-corrected chi connectivity index (χ0v) is 16.7. The highest BCUT2D eigenvalue weighted by Gasteiger charge is 2.24. The molecule has 0 radical (unpaired) electrons. The first-order valence-corrected chi connectivity index (χ1v) is 9.67. The van der Waals surface area contributed by atoms with E-state index in [1.165, 1.54) is 0 Å². The lowest BCUT2D eigenvalue weighted by Crippen LogP contribution is -2.33. The molecule has 8 heteroatoms. The van der Waals surface area contributed by atoms with Crippen LogP contribution in [0.15, 0.2) is 47.7 Å². The first-order chi connectivity index (χ1) is 13.4. The van der Waals surface area contributed by atoms with E-state index in [4.69, 9.17) is 23.2 Å². The Balaban J connectivity index is 1.67. The van der Waals surface area contributed by atoms with Crippen LogP contribution < -0.4 is 5.56 Å². The summed E-state index contributed by atoms with van der Waals surface area (Å²) in [7, 11) is 0. The van der Waals surface area contributed by atoms with Crippen molar-refractivity contribution in [2.24, 2.45) is 0 Å². The van der Waals surface area contributed by atoms with Crippen molar-refractivity contribution in [3.63, 3.8) is 0 Å². The summed E-state index contributed by atoms with van der Waals surface area (Å²) in [6.07, 6.45) is 4.08. The summed E-state index contributed by atoms with van der Waals surface area (Å²) >= 11 is 12.1. The SMILES string of the molecule is Cc1cn(-c2ccc3n(c2=O)CCCN(Cc2ccc(Cl)c(Cl)c2)C3=O)cn1. The number of hydrogen-bond acceptors (Lipinski definition) is 3. The largest absolute Gasteiger partial charge is 0.333 e. The fourth-order valence-electron chi connectivity index (χ4n) is 3.42. The number of pyridine rings is 1. The number of imidazole rings is 1. The van der Waals surface area contributed by atoms with Gasteiger partial charge in [0.25, 0.3) is 11.5 Å². The van der Waals surface area contributed by atoms with Crippen molar-refractivity contribution in [1.29, 1.82) is 0 Å². The molecule has 0 unspecified atom stereocenters. The van der Waals surface area contributed by atoms with E-state index in [2.05, 4.69) is 4.98 Å². The van der Waals surface area contributed by atoms with Crippen LogP contribution >= 0.6 is 23.2 Å². The molecule has 28 heavy (non-hydrogen) atoms. The van der Waals surface area contributed by atoms with Crippen molar-refractivity contribution in [2.45, 2.75) is 26.4 Å². The van der Waals surface area contributed by atoms with Crippen LogP contribution in [0.3, 0.4) is 0 Å². The molecule has 1 aromatic carbocycles. The normalized spacial score (nSPS) is 14.1. The van der Waals surface area contributed by atoms with Crippen molar-refractivity contribution in [3.05, 3.63) is 80.2 Å². The van der Waals surface area contributed by atoms with Gasteiger partial charge in [-0.1, -0.05) is 29.3 Å². The highest BCUT2D eigenvalue weighted by atomic mass is 35.5. The van der Waals surface area contributed by atoms with Crippen LogP contribution in [0.2, 0.25) is 10.0 Å². The summed E-state index contributed by atoms with van der Waals surface area (Å²) in [5, 5.41) is 0.935. The molecule has 0 atom stereocenters. The Kier molecular flexibility index (Phi) is 5.00. The molecular formula is C20H18Cl2N4O2. The highest BCUT2D eigenvalue weighted by molar-refractivity contribution is 6.42. The maximum Gasteiger partial charge on any atom is 0.275 e. The third kappa shape index (κ3) is 3.45. The highest BCUT2D eigenvalue weighted by Crippen LogP contribution is 2.24. The number of benzene rings is 1. The zero-order valence-electron chi connectivity index (χ0n) is 15.2. The predicted molar refractivity (Wildman–Crippen MR) is 108 cm³/mol. The summed E-state index contributed by atoms with van der Waals surface area (Å²) in [5.74, 6) is -0.172. The van der Waals surface area contributed by atoms with E-state index in [-0.39, 0.29) is 11.5 Å². The van der Waals surface area contributed by atoms with Gasteiger partial charge in [-0.05, 0) is 43.2 Å². The van der Waals surface area contributed by atoms with Crippen LogP contribution in [0.4, 0.5) is 0 Å². The van der Waals surface area contributed by atoms with Gasteiger partial charge in [0.2, 0.25) is 0 Å². The number of amides is 1. The Morgan fingerprint density at radius 3 is 2.61 bits per heavy atom. The molecule has 1 aliphatic rings. The van der Waals surface area contributed by atoms with Gasteiger partial charge in [0.15, 0.2) is 0 Å². The minimum absolute atomic E-state index is 0.172. The third-order valence-corrected chi connectivity index (χ3v) is 5.56. The smallest absolute Gasteiger partial charge is 0.275 e. The third-order valence-electron chi connectivity index (χ3n) is 4.82. The average molecular weight is 417 g/mol. The Morgan fingerprint density at radius 1 is 1.07 bits per heavy atom. The van der Waals surface area contributed by atoms with E-state index in [1.54, 1.807) is 50.8 Å². The monoisotopic (exact) mass is 416 g/mol. The van der Waals surface area contributed by atoms with Gasteiger partial charge in [0, 0.05) is 25.8 Å². The lowest BCUT2D eigenvalue weighted by molar-refractivity contribution is 0.0745. The Labute approximate surface area is 171 Å². The minimum Gasteiger partial charge on any atom is -0.333 e. The molecule has 3 aromatic rings. The second kappa shape index (κ2) is 7.45. The number of carbonyl (C=O) groups excluding carboxylic acids is 1. The van der Waals surface area contributed by atoms with E-state index < -0.39 is 0 Å². The fourth-order valence-corrected chi connectivity index (χ4v) is 3.74. The maximum atomic E-state index is 13.1. The number of carbonyl (C=O) groups is 1. The van der Waals surface area contributed by atoms with E-state index >= 15 is 0 Å². The van der Waals surface area contributed by atoms with Gasteiger partial charge < -0.3 is 14.0 Å². The van der Waals surface area contributed by atoms with Gasteiger partial charge in [-0.25, -0.2) is 4.98 Å². The van der Waals surface area contributed by atoms with E-state index in [9.17, 15) is 9.59 Å². The summed E-state index contributed by atoms with van der Waals surface area (Å²) in [5.41, 5.74) is 2.39. The second-order valence-electron chi connectivity index (χ2n) is 6.81. The first kappa shape index (κ1) is 18.8. The maximum absolute atomic E-state index is 13.1. The number of halogens is 2. The summed E-state index contributed by atoms with van der Waals surface area (Å²) in [6, 6.07) is 8.72.